The van der Waals surface area contributed by atoms with Gasteiger partial charge in [0, 0.05) is 24.7 Å². The van der Waals surface area contributed by atoms with Crippen molar-refractivity contribution in [3.05, 3.63) is 66.0 Å². The van der Waals surface area contributed by atoms with Crippen molar-refractivity contribution >= 4 is 27.6 Å². The molecule has 1 fully saturated rings. The van der Waals surface area contributed by atoms with E-state index in [0.717, 1.165) is 31.8 Å². The number of rotatable bonds is 4. The van der Waals surface area contributed by atoms with Crippen molar-refractivity contribution in [3.63, 3.8) is 0 Å². The van der Waals surface area contributed by atoms with Crippen molar-refractivity contribution in [1.29, 1.82) is 0 Å². The largest absolute Gasteiger partial charge is 0.479 e. The summed E-state index contributed by atoms with van der Waals surface area (Å²) in [5.41, 5.74) is 4.63. The molecule has 0 radical (unpaired) electrons. The molecule has 0 aromatic heterocycles. The maximum Gasteiger partial charge on any atom is 0.304 e. The van der Waals surface area contributed by atoms with Gasteiger partial charge in [-0.25, -0.2) is 8.42 Å². The van der Waals surface area contributed by atoms with E-state index in [2.05, 4.69) is 10.9 Å². The number of carbonyl (C=O) groups excluding carboxylic acids is 3. The van der Waals surface area contributed by atoms with Gasteiger partial charge in [-0.1, -0.05) is 31.1 Å². The van der Waals surface area contributed by atoms with Crippen LogP contribution in [-0.4, -0.2) is 49.5 Å². The van der Waals surface area contributed by atoms with E-state index in [1.807, 2.05) is 0 Å². The molecule has 0 spiro atoms. The van der Waals surface area contributed by atoms with E-state index in [4.69, 9.17) is 4.74 Å². The molecule has 4 rings (SSSR count). The number of amides is 2. The van der Waals surface area contributed by atoms with Crippen molar-refractivity contribution in [1.82, 2.24) is 15.2 Å². The number of hydrogen-bond donors (Lipinski definition) is 2. The number of allylic oxidation sites excluding steroid dienone is 3. The molecule has 3 aliphatic rings. The van der Waals surface area contributed by atoms with Crippen molar-refractivity contribution in [3.8, 4) is 0 Å². The van der Waals surface area contributed by atoms with E-state index < -0.39 is 33.9 Å². The molecule has 2 aliphatic heterocycles. The van der Waals surface area contributed by atoms with Crippen molar-refractivity contribution < 1.29 is 27.5 Å². The van der Waals surface area contributed by atoms with Gasteiger partial charge < -0.3 is 4.74 Å². The lowest BCUT2D eigenvalue weighted by molar-refractivity contribution is -0.128. The van der Waals surface area contributed by atoms with Crippen LogP contribution in [0.1, 0.15) is 36.0 Å². The van der Waals surface area contributed by atoms with Crippen molar-refractivity contribution in [2.75, 3.05) is 13.1 Å². The minimum absolute atomic E-state index is 0.119. The lowest BCUT2D eigenvalue weighted by Crippen LogP contribution is -2.45. The van der Waals surface area contributed by atoms with E-state index in [9.17, 15) is 22.8 Å². The molecule has 33 heavy (non-hydrogen) atoms. The molecule has 0 saturated carbocycles. The summed E-state index contributed by atoms with van der Waals surface area (Å²) < 4.78 is 32.7. The highest BCUT2D eigenvalue weighted by molar-refractivity contribution is 7.89. The highest BCUT2D eigenvalue weighted by Crippen LogP contribution is 2.25. The SMILES string of the molecule is O=C(NNC(=O)c1ccc(S(=O)(=O)N2CCCCCC2)cc1)C1=CC(=O)[C@H]2C=CC=C[C@@H]2O1. The Morgan fingerprint density at radius 2 is 1.55 bits per heavy atom. The highest BCUT2D eigenvalue weighted by atomic mass is 32.2. The Morgan fingerprint density at radius 3 is 2.24 bits per heavy atom. The van der Waals surface area contributed by atoms with E-state index in [1.165, 1.54) is 28.6 Å². The Bertz CT molecular complexity index is 1130. The van der Waals surface area contributed by atoms with Gasteiger partial charge in [0.05, 0.1) is 10.8 Å². The number of benzene rings is 1. The first-order valence-electron chi connectivity index (χ1n) is 10.8. The lowest BCUT2D eigenvalue weighted by atomic mass is 9.91. The fourth-order valence-electron chi connectivity index (χ4n) is 3.94. The van der Waals surface area contributed by atoms with Gasteiger partial charge in [-0.3, -0.25) is 25.2 Å². The zero-order valence-electron chi connectivity index (χ0n) is 17.9. The van der Waals surface area contributed by atoms with E-state index >= 15 is 0 Å². The number of ether oxygens (including phenoxy) is 1. The Hall–Kier alpha value is -3.24. The smallest absolute Gasteiger partial charge is 0.304 e. The first-order chi connectivity index (χ1) is 15.9. The van der Waals surface area contributed by atoms with Crippen molar-refractivity contribution in [2.45, 2.75) is 36.7 Å². The van der Waals surface area contributed by atoms with Crippen LogP contribution in [-0.2, 0) is 24.3 Å². The number of carbonyl (C=O) groups is 3. The van der Waals surface area contributed by atoms with Crippen LogP contribution in [0.3, 0.4) is 0 Å². The molecule has 1 aliphatic carbocycles. The summed E-state index contributed by atoms with van der Waals surface area (Å²) in [6.07, 6.45) is 11.1. The molecule has 2 heterocycles. The van der Waals surface area contributed by atoms with Gasteiger partial charge in [-0.05, 0) is 43.2 Å². The average Bonchev–Trinajstić information content (AvgIpc) is 3.13. The summed E-state index contributed by atoms with van der Waals surface area (Å²) in [4.78, 5) is 37.1. The molecule has 9 nitrogen and oxygen atoms in total. The third-order valence-corrected chi connectivity index (χ3v) is 7.69. The van der Waals surface area contributed by atoms with Crippen LogP contribution in [0.25, 0.3) is 0 Å². The molecule has 1 aromatic rings. The fourth-order valence-corrected chi connectivity index (χ4v) is 5.45. The minimum Gasteiger partial charge on any atom is -0.479 e. The van der Waals surface area contributed by atoms with Crippen LogP contribution in [0.15, 0.2) is 65.3 Å². The second-order valence-electron chi connectivity index (χ2n) is 8.04. The Kier molecular flexibility index (Phi) is 6.75. The maximum absolute atomic E-state index is 12.8. The van der Waals surface area contributed by atoms with Crippen LogP contribution in [0.5, 0.6) is 0 Å². The van der Waals surface area contributed by atoms with Crippen LogP contribution >= 0.6 is 0 Å². The predicted octanol–water partition coefficient (Wildman–Crippen LogP) is 1.61. The standard InChI is InChI=1S/C23H25N3O6S/c27-19-15-21(32-20-8-4-3-7-18(19)20)23(29)25-24-22(28)16-9-11-17(12-10-16)33(30,31)26-13-5-1-2-6-14-26/h3-4,7-12,15,18,20H,1-2,5-6,13-14H2,(H,24,28)(H,25,29)/t18-,20+/m1/s1. The normalized spacial score (nSPS) is 23.0. The number of nitrogens with zero attached hydrogens (tertiary/aromatic N) is 1. The predicted molar refractivity (Wildman–Crippen MR) is 119 cm³/mol. The summed E-state index contributed by atoms with van der Waals surface area (Å²) >= 11 is 0. The summed E-state index contributed by atoms with van der Waals surface area (Å²) in [5, 5.41) is 0. The van der Waals surface area contributed by atoms with Gasteiger partial charge >= 0.3 is 5.91 Å². The quantitative estimate of drug-likeness (QED) is 0.644. The third kappa shape index (κ3) is 5.07. The van der Waals surface area contributed by atoms with Gasteiger partial charge in [-0.15, -0.1) is 0 Å². The van der Waals surface area contributed by atoms with E-state index in [-0.39, 0.29) is 22.0 Å². The van der Waals surface area contributed by atoms with Gasteiger partial charge in [0.15, 0.2) is 11.5 Å². The number of sulfonamides is 1. The van der Waals surface area contributed by atoms with Crippen LogP contribution < -0.4 is 10.9 Å². The number of ketones is 1. The van der Waals surface area contributed by atoms with Crippen LogP contribution in [0.4, 0.5) is 0 Å². The summed E-state index contributed by atoms with van der Waals surface area (Å²) in [6, 6.07) is 5.53. The number of hydrogen-bond acceptors (Lipinski definition) is 6. The molecule has 0 bridgehead atoms. The molecule has 2 amide bonds. The Morgan fingerprint density at radius 1 is 0.909 bits per heavy atom. The van der Waals surface area contributed by atoms with Crippen LogP contribution in [0.2, 0.25) is 0 Å². The van der Waals surface area contributed by atoms with E-state index in [0.29, 0.717) is 13.1 Å². The highest BCUT2D eigenvalue weighted by Gasteiger charge is 2.33. The summed E-state index contributed by atoms with van der Waals surface area (Å²) in [7, 11) is -3.62. The summed E-state index contributed by atoms with van der Waals surface area (Å²) in [5.74, 6) is -2.32. The van der Waals surface area contributed by atoms with Gasteiger partial charge in [0.2, 0.25) is 10.0 Å². The Labute approximate surface area is 192 Å². The molecule has 0 unspecified atom stereocenters. The zero-order chi connectivity index (χ0) is 23.4. The monoisotopic (exact) mass is 471 g/mol. The topological polar surface area (TPSA) is 122 Å². The summed E-state index contributed by atoms with van der Waals surface area (Å²) in [6.45, 7) is 0.982. The van der Waals surface area contributed by atoms with Gasteiger partial charge in [-0.2, -0.15) is 4.31 Å². The van der Waals surface area contributed by atoms with Crippen LogP contribution in [0, 0.1) is 5.92 Å². The first kappa shape index (κ1) is 22.9. The number of nitrogens with one attached hydrogen (secondary N) is 2. The fraction of sp³-hybridized carbons (Fsp3) is 0.348. The number of hydrazine groups is 1. The third-order valence-electron chi connectivity index (χ3n) is 5.78. The zero-order valence-corrected chi connectivity index (χ0v) is 18.7. The molecule has 10 heteroatoms. The number of fused-ring (bicyclic) bond motifs is 1. The average molecular weight is 472 g/mol. The Balaban J connectivity index is 1.36. The minimum atomic E-state index is -3.62. The molecule has 1 saturated heterocycles. The van der Waals surface area contributed by atoms with Crippen molar-refractivity contribution in [2.24, 2.45) is 5.92 Å². The second-order valence-corrected chi connectivity index (χ2v) is 9.98. The van der Waals surface area contributed by atoms with E-state index in [1.54, 1.807) is 24.3 Å². The lowest BCUT2D eigenvalue weighted by Gasteiger charge is -2.28. The van der Waals surface area contributed by atoms with Gasteiger partial charge in [0.1, 0.15) is 6.10 Å². The first-order valence-corrected chi connectivity index (χ1v) is 12.3. The maximum atomic E-state index is 12.8. The molecule has 2 N–H and O–H groups in total. The molecular formula is C23H25N3O6S. The van der Waals surface area contributed by atoms with Gasteiger partial charge in [0.25, 0.3) is 5.91 Å². The molecule has 1 aromatic carbocycles. The molecular weight excluding hydrogens is 446 g/mol. The second kappa shape index (κ2) is 9.72. The molecule has 174 valence electrons. The molecule has 2 atom stereocenters.